The van der Waals surface area contributed by atoms with Crippen molar-refractivity contribution >= 4 is 0 Å². The second kappa shape index (κ2) is 7.36. The molecule has 0 aliphatic heterocycles. The zero-order chi connectivity index (χ0) is 15.3. The minimum atomic E-state index is 0.324. The molecule has 0 aromatic heterocycles. The van der Waals surface area contributed by atoms with Gasteiger partial charge >= 0.3 is 0 Å². The van der Waals surface area contributed by atoms with E-state index in [4.69, 9.17) is 0 Å². The molecule has 1 nitrogen and oxygen atoms in total. The normalized spacial score (nSPS) is 17.4. The first kappa shape index (κ1) is 18.5. The third-order valence-corrected chi connectivity index (χ3v) is 3.60. The Labute approximate surface area is 121 Å². The average molecular weight is 268 g/mol. The van der Waals surface area contributed by atoms with Crippen LogP contribution in [0.5, 0.6) is 0 Å². The summed E-state index contributed by atoms with van der Waals surface area (Å²) in [6.07, 6.45) is 5.95. The Morgan fingerprint density at radius 3 is 1.79 bits per heavy atom. The van der Waals surface area contributed by atoms with Crippen LogP contribution in [0.15, 0.2) is 11.8 Å². The fourth-order valence-electron chi connectivity index (χ4n) is 3.05. The summed E-state index contributed by atoms with van der Waals surface area (Å²) in [6.45, 7) is 18.3. The van der Waals surface area contributed by atoms with Gasteiger partial charge in [0.05, 0.1) is 6.26 Å². The van der Waals surface area contributed by atoms with Crippen molar-refractivity contribution in [1.82, 2.24) is 0 Å². The molecule has 1 N–H and O–H groups in total. The lowest BCUT2D eigenvalue weighted by Crippen LogP contribution is -2.14. The molecule has 114 valence electrons. The maximum atomic E-state index is 9.48. The summed E-state index contributed by atoms with van der Waals surface area (Å²) < 4.78 is 0. The summed E-state index contributed by atoms with van der Waals surface area (Å²) in [5, 5.41) is 9.48. The quantitative estimate of drug-likeness (QED) is 0.556. The topological polar surface area (TPSA) is 20.2 Å². The van der Waals surface area contributed by atoms with Crippen LogP contribution in [0.25, 0.3) is 0 Å². The lowest BCUT2D eigenvalue weighted by Gasteiger charge is -2.26. The monoisotopic (exact) mass is 268 g/mol. The molecule has 2 atom stereocenters. The van der Waals surface area contributed by atoms with Crippen molar-refractivity contribution in [3.63, 3.8) is 0 Å². The summed E-state index contributed by atoms with van der Waals surface area (Å²) in [4.78, 5) is 0. The molecular weight excluding hydrogens is 232 g/mol. The Bertz CT molecular complexity index is 275. The van der Waals surface area contributed by atoms with Crippen LogP contribution in [0.3, 0.4) is 0 Å². The number of rotatable bonds is 6. The van der Waals surface area contributed by atoms with E-state index in [-0.39, 0.29) is 0 Å². The molecule has 0 heterocycles. The average Bonchev–Trinajstić information content (AvgIpc) is 2.12. The second-order valence-electron chi connectivity index (χ2n) is 8.78. The predicted molar refractivity (Wildman–Crippen MR) is 86.4 cm³/mol. The van der Waals surface area contributed by atoms with Crippen LogP contribution in [0, 0.1) is 22.7 Å². The summed E-state index contributed by atoms with van der Waals surface area (Å²) in [7, 11) is 0. The predicted octanol–water partition coefficient (Wildman–Crippen LogP) is 6.35. The van der Waals surface area contributed by atoms with Crippen molar-refractivity contribution in [3.05, 3.63) is 11.8 Å². The van der Waals surface area contributed by atoms with Crippen molar-refractivity contribution in [1.29, 1.82) is 0 Å². The molecule has 0 spiro atoms. The third kappa shape index (κ3) is 10.0. The second-order valence-corrected chi connectivity index (χ2v) is 8.78. The van der Waals surface area contributed by atoms with Gasteiger partial charge in [0, 0.05) is 0 Å². The number of hydrogen-bond donors (Lipinski definition) is 1. The number of hydrogen-bond acceptors (Lipinski definition) is 1. The van der Waals surface area contributed by atoms with Crippen molar-refractivity contribution in [2.24, 2.45) is 22.7 Å². The Kier molecular flexibility index (Phi) is 7.18. The molecule has 0 aromatic rings. The highest BCUT2D eigenvalue weighted by molar-refractivity contribution is 5.03. The molecule has 0 aliphatic carbocycles. The Hall–Kier alpha value is -0.460. The highest BCUT2D eigenvalue weighted by Gasteiger charge is 2.20. The van der Waals surface area contributed by atoms with Gasteiger partial charge in [-0.1, -0.05) is 55.4 Å². The molecule has 2 unspecified atom stereocenters. The van der Waals surface area contributed by atoms with E-state index in [9.17, 15) is 5.11 Å². The SMILES string of the molecule is CC(CC/C(=C\O)C(C)CC(C)(C)C)CC(C)(C)C. The smallest absolute Gasteiger partial charge is 0.0786 e. The van der Waals surface area contributed by atoms with E-state index in [1.54, 1.807) is 0 Å². The fourth-order valence-corrected chi connectivity index (χ4v) is 3.05. The minimum Gasteiger partial charge on any atom is -0.516 e. The Morgan fingerprint density at radius 2 is 1.42 bits per heavy atom. The fraction of sp³-hybridized carbons (Fsp3) is 0.889. The van der Waals surface area contributed by atoms with Crippen LogP contribution in [0.4, 0.5) is 0 Å². The van der Waals surface area contributed by atoms with Crippen molar-refractivity contribution in [2.45, 2.75) is 81.1 Å². The Balaban J connectivity index is 4.29. The third-order valence-electron chi connectivity index (χ3n) is 3.60. The largest absolute Gasteiger partial charge is 0.516 e. The summed E-state index contributed by atoms with van der Waals surface area (Å²) >= 11 is 0. The van der Waals surface area contributed by atoms with Crippen molar-refractivity contribution in [2.75, 3.05) is 0 Å². The zero-order valence-electron chi connectivity index (χ0n) is 14.5. The van der Waals surface area contributed by atoms with E-state index >= 15 is 0 Å². The molecule has 0 aromatic carbocycles. The van der Waals surface area contributed by atoms with E-state index < -0.39 is 0 Å². The highest BCUT2D eigenvalue weighted by Crippen LogP contribution is 2.32. The van der Waals surface area contributed by atoms with Crippen molar-refractivity contribution < 1.29 is 5.11 Å². The number of allylic oxidation sites excluding steroid dienone is 1. The number of aliphatic hydroxyl groups excluding tert-OH is 1. The van der Waals surface area contributed by atoms with Gasteiger partial charge in [-0.3, -0.25) is 0 Å². The molecule has 0 fully saturated rings. The maximum Gasteiger partial charge on any atom is 0.0786 e. The first-order valence-electron chi connectivity index (χ1n) is 7.78. The molecule has 1 heteroatoms. The van der Waals surface area contributed by atoms with Gasteiger partial charge in [-0.2, -0.15) is 0 Å². The van der Waals surface area contributed by atoms with Crippen LogP contribution < -0.4 is 0 Å². The zero-order valence-corrected chi connectivity index (χ0v) is 14.5. The Morgan fingerprint density at radius 1 is 0.947 bits per heavy atom. The summed E-state index contributed by atoms with van der Waals surface area (Å²) in [5.41, 5.74) is 1.94. The molecular formula is C18H36O. The van der Waals surface area contributed by atoms with Gasteiger partial charge in [0.15, 0.2) is 0 Å². The van der Waals surface area contributed by atoms with Gasteiger partial charge in [0.2, 0.25) is 0 Å². The maximum absolute atomic E-state index is 9.48. The molecule has 0 rings (SSSR count). The highest BCUT2D eigenvalue weighted by atomic mass is 16.2. The van der Waals surface area contributed by atoms with Gasteiger partial charge in [-0.25, -0.2) is 0 Å². The molecule has 0 bridgehead atoms. The first-order chi connectivity index (χ1) is 8.44. The van der Waals surface area contributed by atoms with E-state index in [2.05, 4.69) is 55.4 Å². The minimum absolute atomic E-state index is 0.324. The van der Waals surface area contributed by atoms with Gasteiger partial charge in [-0.15, -0.1) is 0 Å². The molecule has 19 heavy (non-hydrogen) atoms. The van der Waals surface area contributed by atoms with Gasteiger partial charge in [0.1, 0.15) is 0 Å². The van der Waals surface area contributed by atoms with Crippen LogP contribution in [0.2, 0.25) is 0 Å². The van der Waals surface area contributed by atoms with Gasteiger partial charge in [-0.05, 0) is 53.9 Å². The van der Waals surface area contributed by atoms with Crippen LogP contribution in [-0.4, -0.2) is 5.11 Å². The van der Waals surface area contributed by atoms with Gasteiger partial charge < -0.3 is 5.11 Å². The van der Waals surface area contributed by atoms with E-state index in [1.165, 1.54) is 24.7 Å². The number of aliphatic hydroxyl groups is 1. The van der Waals surface area contributed by atoms with E-state index in [1.807, 2.05) is 0 Å². The van der Waals surface area contributed by atoms with Crippen LogP contribution in [0.1, 0.15) is 81.1 Å². The molecule has 0 saturated carbocycles. The summed E-state index contributed by atoms with van der Waals surface area (Å²) in [6, 6.07) is 0. The van der Waals surface area contributed by atoms with Gasteiger partial charge in [0.25, 0.3) is 0 Å². The van der Waals surface area contributed by atoms with Crippen LogP contribution in [-0.2, 0) is 0 Å². The van der Waals surface area contributed by atoms with E-state index in [0.717, 1.165) is 18.8 Å². The molecule has 0 radical (unpaired) electrons. The van der Waals surface area contributed by atoms with E-state index in [0.29, 0.717) is 16.7 Å². The summed E-state index contributed by atoms with van der Waals surface area (Å²) in [5.74, 6) is 1.20. The first-order valence-corrected chi connectivity index (χ1v) is 7.78. The molecule has 0 saturated heterocycles. The van der Waals surface area contributed by atoms with Crippen LogP contribution >= 0.6 is 0 Å². The molecule has 0 aliphatic rings. The van der Waals surface area contributed by atoms with Crippen molar-refractivity contribution in [3.8, 4) is 0 Å². The lowest BCUT2D eigenvalue weighted by atomic mass is 9.79. The molecule has 0 amide bonds. The lowest BCUT2D eigenvalue weighted by molar-refractivity contribution is 0.288. The standard InChI is InChI=1S/C18H36O/c1-14(11-17(3,4)5)9-10-16(13-19)15(2)12-18(6,7)8/h13-15,19H,9-12H2,1-8H3/b16-13+.